The molecule has 2 N–H and O–H groups in total. The quantitative estimate of drug-likeness (QED) is 0.471. The molecule has 0 fully saturated rings. The molecular formula is C22H24N2O2S2. The van der Waals surface area contributed by atoms with Gasteiger partial charge in [0.1, 0.15) is 0 Å². The zero-order chi connectivity index (χ0) is 19.8. The van der Waals surface area contributed by atoms with Crippen LogP contribution in [0.25, 0.3) is 6.08 Å². The van der Waals surface area contributed by atoms with E-state index in [4.69, 9.17) is 0 Å². The van der Waals surface area contributed by atoms with Crippen molar-refractivity contribution in [1.82, 2.24) is 5.32 Å². The molecule has 0 saturated heterocycles. The van der Waals surface area contributed by atoms with Gasteiger partial charge in [-0.05, 0) is 54.2 Å². The molecule has 4 nitrogen and oxygen atoms in total. The molecule has 0 bridgehead atoms. The highest BCUT2D eigenvalue weighted by Gasteiger charge is 2.22. The Hall–Kier alpha value is -2.18. The Morgan fingerprint density at radius 1 is 1.18 bits per heavy atom. The van der Waals surface area contributed by atoms with Crippen LogP contribution in [0.1, 0.15) is 35.7 Å². The Bertz CT molecular complexity index is 866. The van der Waals surface area contributed by atoms with Crippen molar-refractivity contribution in [2.45, 2.75) is 24.7 Å². The number of fused-ring (bicyclic) bond motifs is 1. The first-order chi connectivity index (χ1) is 13.7. The summed E-state index contributed by atoms with van der Waals surface area (Å²) in [4.78, 5) is 26.4. The SMILES string of the molecule is CCCSCCCNC(=O)c1ccc2c(c1)NC(=O)/C(=C/c1ccccc1)S2. The van der Waals surface area contributed by atoms with Crippen LogP contribution in [0, 0.1) is 0 Å². The van der Waals surface area contributed by atoms with Crippen LogP contribution in [-0.4, -0.2) is 29.9 Å². The monoisotopic (exact) mass is 412 g/mol. The summed E-state index contributed by atoms with van der Waals surface area (Å²) in [6.07, 6.45) is 4.01. The average molecular weight is 413 g/mol. The Morgan fingerprint density at radius 3 is 2.79 bits per heavy atom. The molecular weight excluding hydrogens is 388 g/mol. The van der Waals surface area contributed by atoms with E-state index in [1.165, 1.54) is 18.2 Å². The average Bonchev–Trinajstić information content (AvgIpc) is 2.71. The second-order valence-corrected chi connectivity index (χ2v) is 8.72. The van der Waals surface area contributed by atoms with Crippen molar-refractivity contribution in [1.29, 1.82) is 0 Å². The highest BCUT2D eigenvalue weighted by Crippen LogP contribution is 2.39. The second kappa shape index (κ2) is 10.4. The Morgan fingerprint density at radius 2 is 2.00 bits per heavy atom. The van der Waals surface area contributed by atoms with Crippen molar-refractivity contribution < 1.29 is 9.59 Å². The first-order valence-corrected chi connectivity index (χ1v) is 11.4. The fourth-order valence-electron chi connectivity index (χ4n) is 2.73. The fourth-order valence-corrected chi connectivity index (χ4v) is 4.50. The molecule has 0 aromatic heterocycles. The summed E-state index contributed by atoms with van der Waals surface area (Å²) in [6, 6.07) is 15.2. The topological polar surface area (TPSA) is 58.2 Å². The van der Waals surface area contributed by atoms with Gasteiger partial charge in [-0.1, -0.05) is 49.0 Å². The second-order valence-electron chi connectivity index (χ2n) is 6.41. The molecule has 1 aliphatic heterocycles. The standard InChI is InChI=1S/C22H24N2O2S2/c1-2-12-27-13-6-11-23-21(25)17-9-10-19-18(15-17)24-22(26)20(28-19)14-16-7-4-3-5-8-16/h3-5,7-10,14-15H,2,6,11-13H2,1H3,(H,23,25)(H,24,26)/b20-14-. The number of amides is 2. The smallest absolute Gasteiger partial charge is 0.262 e. The van der Waals surface area contributed by atoms with Crippen molar-refractivity contribution in [3.63, 3.8) is 0 Å². The summed E-state index contributed by atoms with van der Waals surface area (Å²) in [5.74, 6) is 1.97. The summed E-state index contributed by atoms with van der Waals surface area (Å²) >= 11 is 3.34. The van der Waals surface area contributed by atoms with E-state index < -0.39 is 0 Å². The summed E-state index contributed by atoms with van der Waals surface area (Å²) in [6.45, 7) is 2.83. The lowest BCUT2D eigenvalue weighted by molar-refractivity contribution is -0.112. The van der Waals surface area contributed by atoms with E-state index in [9.17, 15) is 9.59 Å². The fraction of sp³-hybridized carbons (Fsp3) is 0.273. The Kier molecular flexibility index (Phi) is 7.62. The van der Waals surface area contributed by atoms with E-state index in [-0.39, 0.29) is 11.8 Å². The number of nitrogens with one attached hydrogen (secondary N) is 2. The highest BCUT2D eigenvalue weighted by molar-refractivity contribution is 8.04. The van der Waals surface area contributed by atoms with Gasteiger partial charge < -0.3 is 10.6 Å². The van der Waals surface area contributed by atoms with Crippen LogP contribution < -0.4 is 10.6 Å². The Balaban J connectivity index is 1.61. The number of benzene rings is 2. The van der Waals surface area contributed by atoms with E-state index in [1.807, 2.05) is 60.3 Å². The number of hydrogen-bond acceptors (Lipinski definition) is 4. The molecule has 0 atom stereocenters. The van der Waals surface area contributed by atoms with Crippen molar-refractivity contribution in [2.24, 2.45) is 0 Å². The third kappa shape index (κ3) is 5.66. The molecule has 0 unspecified atom stereocenters. The minimum absolute atomic E-state index is 0.104. The first-order valence-electron chi connectivity index (χ1n) is 9.43. The number of thioether (sulfide) groups is 2. The van der Waals surface area contributed by atoms with Crippen LogP contribution in [0.3, 0.4) is 0 Å². The molecule has 3 rings (SSSR count). The maximum absolute atomic E-state index is 12.4. The molecule has 146 valence electrons. The minimum Gasteiger partial charge on any atom is -0.352 e. The number of anilines is 1. The summed E-state index contributed by atoms with van der Waals surface area (Å²) in [5, 5.41) is 5.86. The van der Waals surface area contributed by atoms with Crippen LogP contribution in [0.5, 0.6) is 0 Å². The number of carbonyl (C=O) groups is 2. The number of rotatable bonds is 8. The first kappa shape index (κ1) is 20.6. The molecule has 0 spiro atoms. The van der Waals surface area contributed by atoms with Gasteiger partial charge >= 0.3 is 0 Å². The maximum atomic E-state index is 12.4. The summed E-state index contributed by atoms with van der Waals surface area (Å²) in [7, 11) is 0. The van der Waals surface area contributed by atoms with Crippen LogP contribution in [0.15, 0.2) is 58.3 Å². The van der Waals surface area contributed by atoms with Gasteiger partial charge in [0.25, 0.3) is 11.8 Å². The van der Waals surface area contributed by atoms with Gasteiger partial charge in [-0.25, -0.2) is 0 Å². The van der Waals surface area contributed by atoms with Crippen molar-refractivity contribution >= 4 is 47.1 Å². The van der Waals surface area contributed by atoms with Gasteiger partial charge in [-0.2, -0.15) is 11.8 Å². The predicted molar refractivity (Wildman–Crippen MR) is 120 cm³/mol. The van der Waals surface area contributed by atoms with Crippen LogP contribution in [0.2, 0.25) is 0 Å². The van der Waals surface area contributed by atoms with Crippen LogP contribution in [-0.2, 0) is 4.79 Å². The Labute approximate surface area is 174 Å². The van der Waals surface area contributed by atoms with E-state index in [0.29, 0.717) is 22.7 Å². The third-order valence-electron chi connectivity index (χ3n) is 4.13. The van der Waals surface area contributed by atoms with E-state index in [2.05, 4.69) is 17.6 Å². The van der Waals surface area contributed by atoms with Crippen molar-refractivity contribution in [3.8, 4) is 0 Å². The third-order valence-corrected chi connectivity index (χ3v) is 6.50. The largest absolute Gasteiger partial charge is 0.352 e. The van der Waals surface area contributed by atoms with E-state index in [1.54, 1.807) is 6.07 Å². The zero-order valence-corrected chi connectivity index (χ0v) is 17.5. The highest BCUT2D eigenvalue weighted by atomic mass is 32.2. The van der Waals surface area contributed by atoms with Crippen LogP contribution in [0.4, 0.5) is 5.69 Å². The van der Waals surface area contributed by atoms with Gasteiger partial charge in [-0.15, -0.1) is 0 Å². The zero-order valence-electron chi connectivity index (χ0n) is 15.9. The normalized spacial score (nSPS) is 14.5. The molecule has 6 heteroatoms. The summed E-state index contributed by atoms with van der Waals surface area (Å²) < 4.78 is 0. The number of carbonyl (C=O) groups excluding carboxylic acids is 2. The lowest BCUT2D eigenvalue weighted by atomic mass is 10.1. The lowest BCUT2D eigenvalue weighted by Gasteiger charge is -2.19. The molecule has 1 aliphatic rings. The van der Waals surface area contributed by atoms with Crippen LogP contribution >= 0.6 is 23.5 Å². The maximum Gasteiger partial charge on any atom is 0.262 e. The molecule has 2 amide bonds. The molecule has 0 aliphatic carbocycles. The number of hydrogen-bond donors (Lipinski definition) is 2. The van der Waals surface area contributed by atoms with Crippen molar-refractivity contribution in [2.75, 3.05) is 23.4 Å². The molecule has 2 aromatic carbocycles. The van der Waals surface area contributed by atoms with Gasteiger partial charge in [0, 0.05) is 17.0 Å². The lowest BCUT2D eigenvalue weighted by Crippen LogP contribution is -2.25. The van der Waals surface area contributed by atoms with Gasteiger partial charge in [0.2, 0.25) is 0 Å². The molecule has 28 heavy (non-hydrogen) atoms. The molecule has 0 saturated carbocycles. The van der Waals surface area contributed by atoms with E-state index in [0.717, 1.165) is 28.4 Å². The minimum atomic E-state index is -0.146. The van der Waals surface area contributed by atoms with E-state index >= 15 is 0 Å². The van der Waals surface area contributed by atoms with Crippen molar-refractivity contribution in [3.05, 3.63) is 64.6 Å². The molecule has 2 aromatic rings. The summed E-state index contributed by atoms with van der Waals surface area (Å²) in [5.41, 5.74) is 2.24. The molecule has 1 heterocycles. The van der Waals surface area contributed by atoms with Gasteiger partial charge in [0.15, 0.2) is 0 Å². The van der Waals surface area contributed by atoms with Gasteiger partial charge in [0.05, 0.1) is 10.6 Å². The predicted octanol–water partition coefficient (Wildman–Crippen LogP) is 5.04. The molecule has 0 radical (unpaired) electrons. The van der Waals surface area contributed by atoms with Gasteiger partial charge in [-0.3, -0.25) is 9.59 Å².